The first-order valence-corrected chi connectivity index (χ1v) is 8.23. The highest BCUT2D eigenvalue weighted by molar-refractivity contribution is 7.99. The van der Waals surface area contributed by atoms with Crippen LogP contribution in [0.2, 0.25) is 0 Å². The second-order valence-electron chi connectivity index (χ2n) is 4.93. The summed E-state index contributed by atoms with van der Waals surface area (Å²) in [5.41, 5.74) is -0.691. The molecule has 5 heteroatoms. The third kappa shape index (κ3) is 3.73. The van der Waals surface area contributed by atoms with E-state index in [0.29, 0.717) is 6.54 Å². The molecule has 2 atom stereocenters. The number of hydrogen-bond acceptors (Lipinski definition) is 4. The molecular formula is C13H19NO2S2. The fourth-order valence-corrected chi connectivity index (χ4v) is 4.12. The number of amides is 1. The van der Waals surface area contributed by atoms with E-state index >= 15 is 0 Å². The van der Waals surface area contributed by atoms with Gasteiger partial charge in [-0.2, -0.15) is 11.8 Å². The van der Waals surface area contributed by atoms with E-state index in [2.05, 4.69) is 11.4 Å². The minimum Gasteiger partial charge on any atom is -0.387 e. The number of carbonyl (C=O) groups excluding carboxylic acids is 1. The first-order valence-electron chi connectivity index (χ1n) is 6.19. The second-order valence-corrected chi connectivity index (χ2v) is 7.07. The fourth-order valence-electron chi connectivity index (χ4n) is 1.98. The Morgan fingerprint density at radius 1 is 1.67 bits per heavy atom. The van der Waals surface area contributed by atoms with Gasteiger partial charge < -0.3 is 10.4 Å². The average molecular weight is 285 g/mol. The van der Waals surface area contributed by atoms with Crippen LogP contribution in [0.5, 0.6) is 0 Å². The van der Waals surface area contributed by atoms with Gasteiger partial charge in [0, 0.05) is 23.1 Å². The SMILES string of the molecule is CC(Cc1cccs1)C(=O)NCC1(O)CCSC1. The van der Waals surface area contributed by atoms with Crippen molar-refractivity contribution in [1.29, 1.82) is 0 Å². The normalized spacial score (nSPS) is 25.0. The van der Waals surface area contributed by atoms with Crippen LogP contribution in [-0.4, -0.2) is 34.7 Å². The van der Waals surface area contributed by atoms with Gasteiger partial charge in [0.05, 0.1) is 5.60 Å². The topological polar surface area (TPSA) is 49.3 Å². The van der Waals surface area contributed by atoms with Gasteiger partial charge in [-0.15, -0.1) is 11.3 Å². The summed E-state index contributed by atoms with van der Waals surface area (Å²) in [5.74, 6) is 1.71. The Bertz CT molecular complexity index is 386. The van der Waals surface area contributed by atoms with Crippen LogP contribution in [0.1, 0.15) is 18.2 Å². The highest BCUT2D eigenvalue weighted by atomic mass is 32.2. The van der Waals surface area contributed by atoms with Gasteiger partial charge in [0.1, 0.15) is 0 Å². The molecule has 0 bridgehead atoms. The standard InChI is InChI=1S/C13H19NO2S2/c1-10(7-11-3-2-5-18-11)12(15)14-8-13(16)4-6-17-9-13/h2-3,5,10,16H,4,6-9H2,1H3,(H,14,15). The lowest BCUT2D eigenvalue weighted by Crippen LogP contribution is -2.44. The van der Waals surface area contributed by atoms with Crippen LogP contribution in [0.25, 0.3) is 0 Å². The molecule has 3 nitrogen and oxygen atoms in total. The van der Waals surface area contributed by atoms with Crippen LogP contribution in [0, 0.1) is 5.92 Å². The van der Waals surface area contributed by atoms with Crippen molar-refractivity contribution in [2.75, 3.05) is 18.1 Å². The van der Waals surface area contributed by atoms with Crippen LogP contribution >= 0.6 is 23.1 Å². The molecule has 1 amide bonds. The predicted molar refractivity (Wildman–Crippen MR) is 77.1 cm³/mol. The summed E-state index contributed by atoms with van der Waals surface area (Å²) in [6, 6.07) is 4.05. The maximum Gasteiger partial charge on any atom is 0.223 e. The van der Waals surface area contributed by atoms with Crippen molar-refractivity contribution in [3.63, 3.8) is 0 Å². The molecule has 0 spiro atoms. The van der Waals surface area contributed by atoms with Crippen molar-refractivity contribution in [2.45, 2.75) is 25.4 Å². The highest BCUT2D eigenvalue weighted by Gasteiger charge is 2.32. The lowest BCUT2D eigenvalue weighted by molar-refractivity contribution is -0.125. The molecule has 1 fully saturated rings. The van der Waals surface area contributed by atoms with Crippen LogP contribution in [0.4, 0.5) is 0 Å². The number of hydrogen-bond donors (Lipinski definition) is 2. The van der Waals surface area contributed by atoms with Gasteiger partial charge in [-0.05, 0) is 30.0 Å². The summed E-state index contributed by atoms with van der Waals surface area (Å²) in [5, 5.41) is 15.1. The van der Waals surface area contributed by atoms with E-state index in [0.717, 1.165) is 24.3 Å². The summed E-state index contributed by atoms with van der Waals surface area (Å²) in [6.45, 7) is 2.32. The Morgan fingerprint density at radius 2 is 2.50 bits per heavy atom. The molecule has 0 aliphatic carbocycles. The van der Waals surface area contributed by atoms with E-state index in [-0.39, 0.29) is 11.8 Å². The zero-order chi connectivity index (χ0) is 13.0. The lowest BCUT2D eigenvalue weighted by atomic mass is 10.0. The molecule has 1 aromatic heterocycles. The Balaban J connectivity index is 1.77. The maximum atomic E-state index is 11.9. The van der Waals surface area contributed by atoms with Crippen molar-refractivity contribution in [3.05, 3.63) is 22.4 Å². The number of thiophene rings is 1. The Labute approximate surface area is 116 Å². The molecule has 0 aromatic carbocycles. The Morgan fingerprint density at radius 3 is 3.11 bits per heavy atom. The molecule has 0 saturated carbocycles. The van der Waals surface area contributed by atoms with Crippen LogP contribution < -0.4 is 5.32 Å². The molecule has 18 heavy (non-hydrogen) atoms. The quantitative estimate of drug-likeness (QED) is 0.869. The van der Waals surface area contributed by atoms with E-state index in [9.17, 15) is 9.90 Å². The van der Waals surface area contributed by atoms with Gasteiger partial charge in [-0.1, -0.05) is 13.0 Å². The van der Waals surface area contributed by atoms with E-state index < -0.39 is 5.60 Å². The molecule has 1 aliphatic heterocycles. The number of thioether (sulfide) groups is 1. The zero-order valence-corrected chi connectivity index (χ0v) is 12.1. The number of carbonyl (C=O) groups is 1. The fraction of sp³-hybridized carbons (Fsp3) is 0.615. The van der Waals surface area contributed by atoms with Crippen molar-refractivity contribution in [3.8, 4) is 0 Å². The van der Waals surface area contributed by atoms with E-state index in [1.165, 1.54) is 4.88 Å². The monoisotopic (exact) mass is 285 g/mol. The van der Waals surface area contributed by atoms with Gasteiger partial charge in [-0.3, -0.25) is 4.79 Å². The minimum absolute atomic E-state index is 0.0359. The average Bonchev–Trinajstić information content (AvgIpc) is 2.98. The highest BCUT2D eigenvalue weighted by Crippen LogP contribution is 2.27. The smallest absolute Gasteiger partial charge is 0.223 e. The third-order valence-electron chi connectivity index (χ3n) is 3.21. The lowest BCUT2D eigenvalue weighted by Gasteiger charge is -2.22. The van der Waals surface area contributed by atoms with Gasteiger partial charge in [0.25, 0.3) is 0 Å². The molecule has 1 saturated heterocycles. The van der Waals surface area contributed by atoms with Gasteiger partial charge in [-0.25, -0.2) is 0 Å². The molecule has 2 N–H and O–H groups in total. The maximum absolute atomic E-state index is 11.9. The second kappa shape index (κ2) is 6.08. The molecule has 1 aromatic rings. The van der Waals surface area contributed by atoms with Crippen molar-refractivity contribution in [1.82, 2.24) is 5.32 Å². The first-order chi connectivity index (χ1) is 8.59. The van der Waals surface area contributed by atoms with Gasteiger partial charge in [0.2, 0.25) is 5.91 Å². The molecular weight excluding hydrogens is 266 g/mol. The van der Waals surface area contributed by atoms with Crippen molar-refractivity contribution < 1.29 is 9.90 Å². The molecule has 2 heterocycles. The zero-order valence-electron chi connectivity index (χ0n) is 10.5. The van der Waals surface area contributed by atoms with Crippen molar-refractivity contribution in [2.24, 2.45) is 5.92 Å². The largest absolute Gasteiger partial charge is 0.387 e. The molecule has 0 radical (unpaired) electrons. The first kappa shape index (κ1) is 13.9. The molecule has 1 aliphatic rings. The number of aliphatic hydroxyl groups is 1. The summed E-state index contributed by atoms with van der Waals surface area (Å²) < 4.78 is 0. The van der Waals surface area contributed by atoms with Gasteiger partial charge in [0.15, 0.2) is 0 Å². The van der Waals surface area contributed by atoms with Crippen LogP contribution in [0.15, 0.2) is 17.5 Å². The summed E-state index contributed by atoms with van der Waals surface area (Å²) in [7, 11) is 0. The van der Waals surface area contributed by atoms with E-state index in [1.807, 2.05) is 18.4 Å². The molecule has 2 rings (SSSR count). The van der Waals surface area contributed by atoms with E-state index in [4.69, 9.17) is 0 Å². The Kier molecular flexibility index (Phi) is 4.70. The number of rotatable bonds is 5. The van der Waals surface area contributed by atoms with Crippen molar-refractivity contribution >= 4 is 29.0 Å². The third-order valence-corrected chi connectivity index (χ3v) is 5.34. The molecule has 2 unspecified atom stereocenters. The van der Waals surface area contributed by atoms with Gasteiger partial charge >= 0.3 is 0 Å². The minimum atomic E-state index is -0.691. The van der Waals surface area contributed by atoms with Crippen LogP contribution in [0.3, 0.4) is 0 Å². The summed E-state index contributed by atoms with van der Waals surface area (Å²) >= 11 is 3.42. The van der Waals surface area contributed by atoms with Crippen LogP contribution in [-0.2, 0) is 11.2 Å². The predicted octanol–water partition coefficient (Wildman–Crippen LogP) is 1.91. The molecule has 100 valence electrons. The Hall–Kier alpha value is -0.520. The summed E-state index contributed by atoms with van der Waals surface area (Å²) in [4.78, 5) is 13.2. The van der Waals surface area contributed by atoms with E-state index in [1.54, 1.807) is 23.1 Å². The summed E-state index contributed by atoms with van der Waals surface area (Å²) in [6.07, 6.45) is 1.55. The number of nitrogens with one attached hydrogen (secondary N) is 1.